The average molecular weight is 357 g/mol. The lowest BCUT2D eigenvalue weighted by molar-refractivity contribution is 0.426. The van der Waals surface area contributed by atoms with Crippen molar-refractivity contribution in [2.75, 3.05) is 0 Å². The Kier molecular flexibility index (Phi) is 7.61. The second-order valence-corrected chi connectivity index (χ2v) is 7.89. The fourth-order valence-electron chi connectivity index (χ4n) is 3.02. The molecule has 27 heavy (non-hydrogen) atoms. The van der Waals surface area contributed by atoms with E-state index < -0.39 is 0 Å². The summed E-state index contributed by atoms with van der Waals surface area (Å²) in [5.41, 5.74) is 5.18. The summed E-state index contributed by atoms with van der Waals surface area (Å²) >= 11 is 0. The van der Waals surface area contributed by atoms with Crippen LogP contribution in [0.15, 0.2) is 103 Å². The molecule has 0 spiro atoms. The zero-order chi connectivity index (χ0) is 19.7. The fourth-order valence-corrected chi connectivity index (χ4v) is 3.02. The third-order valence-corrected chi connectivity index (χ3v) is 4.90. The lowest BCUT2D eigenvalue weighted by atomic mass is 9.74. The first-order chi connectivity index (χ1) is 12.9. The van der Waals surface area contributed by atoms with Crippen molar-refractivity contribution in [3.8, 4) is 0 Å². The number of hydrogen-bond donors (Lipinski definition) is 0. The molecule has 2 aromatic carbocycles. The van der Waals surface area contributed by atoms with E-state index in [0.29, 0.717) is 0 Å². The van der Waals surface area contributed by atoms with Crippen molar-refractivity contribution in [2.45, 2.75) is 40.0 Å². The highest BCUT2D eigenvalue weighted by Crippen LogP contribution is 2.39. The normalized spacial score (nSPS) is 13.4. The third kappa shape index (κ3) is 6.57. The lowest BCUT2D eigenvalue weighted by Crippen LogP contribution is -2.18. The van der Waals surface area contributed by atoms with Gasteiger partial charge >= 0.3 is 0 Å². The number of benzene rings is 2. The molecule has 0 amide bonds. The largest absolute Gasteiger partial charge is 0.103 e. The van der Waals surface area contributed by atoms with Gasteiger partial charge in [-0.1, -0.05) is 110 Å². The van der Waals surface area contributed by atoms with E-state index in [4.69, 9.17) is 0 Å². The van der Waals surface area contributed by atoms with Gasteiger partial charge in [0.05, 0.1) is 0 Å². The van der Waals surface area contributed by atoms with Gasteiger partial charge in [-0.25, -0.2) is 0 Å². The fraction of sp³-hybridized carbons (Fsp3) is 0.259. The van der Waals surface area contributed by atoms with Crippen LogP contribution in [0.3, 0.4) is 0 Å². The minimum absolute atomic E-state index is 0.0296. The first kappa shape index (κ1) is 20.7. The Hall–Kier alpha value is -2.60. The smallest absolute Gasteiger partial charge is 0.0109 e. The number of allylic oxidation sites excluding steroid dienone is 6. The molecule has 0 aliphatic heterocycles. The minimum atomic E-state index is -0.0296. The predicted molar refractivity (Wildman–Crippen MR) is 121 cm³/mol. The second-order valence-electron chi connectivity index (χ2n) is 7.89. The van der Waals surface area contributed by atoms with Gasteiger partial charge in [0.1, 0.15) is 0 Å². The van der Waals surface area contributed by atoms with Crippen LogP contribution in [0.5, 0.6) is 0 Å². The summed E-state index contributed by atoms with van der Waals surface area (Å²) < 4.78 is 0. The molecule has 0 fully saturated rings. The van der Waals surface area contributed by atoms with Crippen LogP contribution in [0.4, 0.5) is 0 Å². The summed E-state index contributed by atoms with van der Waals surface area (Å²) in [5, 5.41) is 0. The van der Waals surface area contributed by atoms with Crippen molar-refractivity contribution in [2.24, 2.45) is 5.41 Å². The van der Waals surface area contributed by atoms with Crippen molar-refractivity contribution >= 4 is 6.08 Å². The third-order valence-electron chi connectivity index (χ3n) is 4.90. The average Bonchev–Trinajstić information content (AvgIpc) is 2.68. The van der Waals surface area contributed by atoms with E-state index in [0.717, 1.165) is 6.42 Å². The zero-order valence-electron chi connectivity index (χ0n) is 17.2. The van der Waals surface area contributed by atoms with Gasteiger partial charge in [-0.3, -0.25) is 0 Å². The predicted octanol–water partition coefficient (Wildman–Crippen LogP) is 7.98. The van der Waals surface area contributed by atoms with Gasteiger partial charge in [-0.15, -0.1) is 6.58 Å². The molecule has 1 unspecified atom stereocenters. The highest BCUT2D eigenvalue weighted by Gasteiger charge is 2.26. The molecule has 0 aliphatic rings. The summed E-state index contributed by atoms with van der Waals surface area (Å²) in [5.74, 6) is 0.275. The molecular formula is C27H32. The Morgan fingerprint density at radius 1 is 0.963 bits per heavy atom. The van der Waals surface area contributed by atoms with Crippen molar-refractivity contribution < 1.29 is 0 Å². The van der Waals surface area contributed by atoms with Crippen LogP contribution >= 0.6 is 0 Å². The summed E-state index contributed by atoms with van der Waals surface area (Å²) in [6.45, 7) is 12.9. The summed E-state index contributed by atoms with van der Waals surface area (Å²) in [7, 11) is 0. The Morgan fingerprint density at radius 3 is 2.11 bits per heavy atom. The molecule has 2 aromatic rings. The number of hydrogen-bond acceptors (Lipinski definition) is 0. The van der Waals surface area contributed by atoms with Crippen LogP contribution in [0, 0.1) is 5.41 Å². The highest BCUT2D eigenvalue weighted by molar-refractivity contribution is 5.53. The van der Waals surface area contributed by atoms with Gasteiger partial charge in [0.25, 0.3) is 0 Å². The topological polar surface area (TPSA) is 0 Å². The molecule has 0 saturated carbocycles. The van der Waals surface area contributed by atoms with E-state index in [9.17, 15) is 0 Å². The summed E-state index contributed by atoms with van der Waals surface area (Å²) in [6.07, 6.45) is 12.2. The van der Waals surface area contributed by atoms with Crippen LogP contribution in [-0.2, 0) is 0 Å². The highest BCUT2D eigenvalue weighted by atomic mass is 14.3. The molecule has 0 heteroatoms. The molecular weight excluding hydrogens is 324 g/mol. The van der Waals surface area contributed by atoms with E-state index in [2.05, 4.69) is 125 Å². The van der Waals surface area contributed by atoms with Crippen LogP contribution < -0.4 is 0 Å². The van der Waals surface area contributed by atoms with Gasteiger partial charge in [0, 0.05) is 5.92 Å². The lowest BCUT2D eigenvalue weighted by Gasteiger charge is -2.30. The first-order valence-electron chi connectivity index (χ1n) is 9.68. The Balaban J connectivity index is 2.45. The minimum Gasteiger partial charge on any atom is -0.103 e. The van der Waals surface area contributed by atoms with Crippen LogP contribution in [0.25, 0.3) is 6.08 Å². The molecule has 0 nitrogen and oxygen atoms in total. The standard InChI is InChI=1S/C27H32/c1-6-27(4,5)26(25-15-11-8-12-16-25)21-24(18-17-22(2)3)20-19-23-13-9-7-10-14-23/h6-17,19-21,26H,1,18H2,2-5H3/b20-19+,24-21+. The molecule has 0 saturated heterocycles. The van der Waals surface area contributed by atoms with Gasteiger partial charge in [0.2, 0.25) is 0 Å². The van der Waals surface area contributed by atoms with Crippen molar-refractivity contribution in [3.63, 3.8) is 0 Å². The van der Waals surface area contributed by atoms with E-state index in [-0.39, 0.29) is 11.3 Å². The maximum atomic E-state index is 4.09. The van der Waals surface area contributed by atoms with Gasteiger partial charge in [-0.2, -0.15) is 0 Å². The maximum Gasteiger partial charge on any atom is 0.0109 e. The van der Waals surface area contributed by atoms with Crippen molar-refractivity contribution in [3.05, 3.63) is 114 Å². The Labute approximate surface area is 165 Å². The Bertz CT molecular complexity index is 798. The van der Waals surface area contributed by atoms with Gasteiger partial charge in [0.15, 0.2) is 0 Å². The first-order valence-corrected chi connectivity index (χ1v) is 9.68. The quantitative estimate of drug-likeness (QED) is 0.332. The summed E-state index contributed by atoms with van der Waals surface area (Å²) in [6, 6.07) is 21.2. The zero-order valence-corrected chi connectivity index (χ0v) is 17.2. The molecule has 0 bridgehead atoms. The Morgan fingerprint density at radius 2 is 1.56 bits per heavy atom. The van der Waals surface area contributed by atoms with Gasteiger partial charge in [-0.05, 0) is 42.4 Å². The van der Waals surface area contributed by atoms with Crippen molar-refractivity contribution in [1.82, 2.24) is 0 Å². The molecule has 2 rings (SSSR count). The van der Waals surface area contributed by atoms with Crippen molar-refractivity contribution in [1.29, 1.82) is 0 Å². The van der Waals surface area contributed by atoms with E-state index in [1.807, 2.05) is 0 Å². The van der Waals surface area contributed by atoms with E-state index in [1.54, 1.807) is 0 Å². The molecule has 0 N–H and O–H groups in total. The molecule has 140 valence electrons. The molecule has 0 radical (unpaired) electrons. The van der Waals surface area contributed by atoms with E-state index in [1.165, 1.54) is 22.3 Å². The second kappa shape index (κ2) is 9.92. The monoisotopic (exact) mass is 356 g/mol. The molecule has 0 heterocycles. The SMILES string of the molecule is C=CC(C)(C)C(/C=C(/C=C/c1ccccc1)CC=C(C)C)c1ccccc1. The van der Waals surface area contributed by atoms with Crippen LogP contribution in [0.1, 0.15) is 51.2 Å². The molecule has 0 aliphatic carbocycles. The summed E-state index contributed by atoms with van der Waals surface area (Å²) in [4.78, 5) is 0. The van der Waals surface area contributed by atoms with Gasteiger partial charge < -0.3 is 0 Å². The van der Waals surface area contributed by atoms with Crippen LogP contribution in [-0.4, -0.2) is 0 Å². The number of rotatable bonds is 8. The molecule has 1 atom stereocenters. The van der Waals surface area contributed by atoms with E-state index >= 15 is 0 Å². The molecule has 0 aromatic heterocycles. The maximum absolute atomic E-state index is 4.09. The van der Waals surface area contributed by atoms with Crippen LogP contribution in [0.2, 0.25) is 0 Å².